The second-order valence-electron chi connectivity index (χ2n) is 6.76. The van der Waals surface area contributed by atoms with E-state index >= 15 is 0 Å². The summed E-state index contributed by atoms with van der Waals surface area (Å²) in [5.74, 6) is 0.677. The minimum absolute atomic E-state index is 0.247. The van der Waals surface area contributed by atoms with Gasteiger partial charge in [0.25, 0.3) is 0 Å². The fourth-order valence-corrected chi connectivity index (χ4v) is 3.81. The summed E-state index contributed by atoms with van der Waals surface area (Å²) in [6, 6.07) is 0.561. The summed E-state index contributed by atoms with van der Waals surface area (Å²) in [4.78, 5) is 2.69. The molecule has 0 spiro atoms. The first-order valence-corrected chi connectivity index (χ1v) is 8.22. The monoisotopic (exact) mass is 268 g/mol. The Kier molecular flexibility index (Phi) is 5.67. The minimum Gasteiger partial charge on any atom is -0.381 e. The van der Waals surface area contributed by atoms with Crippen molar-refractivity contribution in [2.45, 2.75) is 64.5 Å². The predicted octanol–water partition coefficient (Wildman–Crippen LogP) is 2.66. The standard InChI is InChI=1S/C16H32N2O/c1-4-9-17-15(14-8-7-12-19-13-14)16(2,3)18-10-5-6-11-18/h14-15,17H,4-13H2,1-3H3. The van der Waals surface area contributed by atoms with Crippen molar-refractivity contribution < 1.29 is 4.74 Å². The zero-order valence-corrected chi connectivity index (χ0v) is 13.1. The lowest BCUT2D eigenvalue weighted by Gasteiger charge is -2.47. The Bertz CT molecular complexity index is 255. The van der Waals surface area contributed by atoms with Gasteiger partial charge < -0.3 is 10.1 Å². The third kappa shape index (κ3) is 3.71. The van der Waals surface area contributed by atoms with Gasteiger partial charge in [0.05, 0.1) is 6.61 Å². The molecule has 0 aromatic heterocycles. The Hall–Kier alpha value is -0.120. The first-order chi connectivity index (χ1) is 9.16. The average molecular weight is 268 g/mol. The van der Waals surface area contributed by atoms with E-state index < -0.39 is 0 Å². The number of ether oxygens (including phenoxy) is 1. The van der Waals surface area contributed by atoms with Gasteiger partial charge in [0.1, 0.15) is 0 Å². The summed E-state index contributed by atoms with van der Waals surface area (Å²) >= 11 is 0. The van der Waals surface area contributed by atoms with Crippen molar-refractivity contribution in [3.05, 3.63) is 0 Å². The molecule has 0 radical (unpaired) electrons. The summed E-state index contributed by atoms with van der Waals surface area (Å²) in [6.07, 6.45) is 6.49. The fraction of sp³-hybridized carbons (Fsp3) is 1.00. The Labute approximate surface area is 119 Å². The molecular weight excluding hydrogens is 236 g/mol. The summed E-state index contributed by atoms with van der Waals surface area (Å²) < 4.78 is 5.74. The molecule has 0 aliphatic carbocycles. The highest BCUT2D eigenvalue weighted by atomic mass is 16.5. The minimum atomic E-state index is 0.247. The van der Waals surface area contributed by atoms with Gasteiger partial charge in [-0.15, -0.1) is 0 Å². The van der Waals surface area contributed by atoms with Gasteiger partial charge in [-0.2, -0.15) is 0 Å². The van der Waals surface area contributed by atoms with Crippen molar-refractivity contribution in [2.75, 3.05) is 32.8 Å². The molecule has 19 heavy (non-hydrogen) atoms. The van der Waals surface area contributed by atoms with Gasteiger partial charge in [-0.05, 0) is 71.5 Å². The highest BCUT2D eigenvalue weighted by Crippen LogP contribution is 2.31. The molecular formula is C16H32N2O. The maximum absolute atomic E-state index is 5.74. The Balaban J connectivity index is 2.05. The van der Waals surface area contributed by atoms with E-state index in [2.05, 4.69) is 31.0 Å². The van der Waals surface area contributed by atoms with E-state index in [1.165, 1.54) is 45.2 Å². The maximum Gasteiger partial charge on any atom is 0.0509 e. The third-order valence-electron chi connectivity index (χ3n) is 4.96. The van der Waals surface area contributed by atoms with Crippen molar-refractivity contribution in [2.24, 2.45) is 5.92 Å². The molecule has 2 fully saturated rings. The van der Waals surface area contributed by atoms with Crippen molar-refractivity contribution in [3.8, 4) is 0 Å². The lowest BCUT2D eigenvalue weighted by atomic mass is 9.80. The number of hydrogen-bond donors (Lipinski definition) is 1. The van der Waals surface area contributed by atoms with Gasteiger partial charge >= 0.3 is 0 Å². The molecule has 0 aromatic rings. The smallest absolute Gasteiger partial charge is 0.0509 e. The number of rotatable bonds is 6. The first kappa shape index (κ1) is 15.3. The molecule has 0 aromatic carbocycles. The number of hydrogen-bond acceptors (Lipinski definition) is 3. The first-order valence-electron chi connectivity index (χ1n) is 8.22. The van der Waals surface area contributed by atoms with Crippen LogP contribution in [-0.4, -0.2) is 49.3 Å². The molecule has 2 aliphatic rings. The molecule has 3 nitrogen and oxygen atoms in total. The van der Waals surface area contributed by atoms with Gasteiger partial charge in [0.15, 0.2) is 0 Å². The maximum atomic E-state index is 5.74. The second-order valence-corrected chi connectivity index (χ2v) is 6.76. The summed E-state index contributed by atoms with van der Waals surface area (Å²) in [6.45, 7) is 12.7. The van der Waals surface area contributed by atoms with Crippen molar-refractivity contribution in [3.63, 3.8) is 0 Å². The molecule has 2 rings (SSSR count). The fourth-order valence-electron chi connectivity index (χ4n) is 3.81. The van der Waals surface area contributed by atoms with E-state index in [1.807, 2.05) is 0 Å². The molecule has 0 bridgehead atoms. The Morgan fingerprint density at radius 1 is 1.26 bits per heavy atom. The summed E-state index contributed by atoms with van der Waals surface area (Å²) in [5, 5.41) is 3.83. The van der Waals surface area contributed by atoms with Crippen molar-refractivity contribution >= 4 is 0 Å². The zero-order valence-electron chi connectivity index (χ0n) is 13.1. The van der Waals surface area contributed by atoms with Crippen LogP contribution >= 0.6 is 0 Å². The molecule has 3 heteroatoms. The highest BCUT2D eigenvalue weighted by Gasteiger charge is 2.40. The van der Waals surface area contributed by atoms with Gasteiger partial charge in [-0.3, -0.25) is 4.90 Å². The molecule has 2 atom stereocenters. The third-order valence-corrected chi connectivity index (χ3v) is 4.96. The van der Waals surface area contributed by atoms with Crippen LogP contribution in [0.3, 0.4) is 0 Å². The van der Waals surface area contributed by atoms with Crippen molar-refractivity contribution in [1.29, 1.82) is 0 Å². The molecule has 2 saturated heterocycles. The summed E-state index contributed by atoms with van der Waals surface area (Å²) in [7, 11) is 0. The van der Waals surface area contributed by atoms with Crippen molar-refractivity contribution in [1.82, 2.24) is 10.2 Å². The van der Waals surface area contributed by atoms with Crippen LogP contribution in [0.1, 0.15) is 52.9 Å². The Morgan fingerprint density at radius 2 is 2.00 bits per heavy atom. The molecule has 2 heterocycles. The Morgan fingerprint density at radius 3 is 2.58 bits per heavy atom. The van der Waals surface area contributed by atoms with Crippen LogP contribution in [0.4, 0.5) is 0 Å². The lowest BCUT2D eigenvalue weighted by Crippen LogP contribution is -2.61. The number of likely N-dealkylation sites (tertiary alicyclic amines) is 1. The van der Waals surface area contributed by atoms with Gasteiger partial charge in [-0.25, -0.2) is 0 Å². The van der Waals surface area contributed by atoms with E-state index in [-0.39, 0.29) is 5.54 Å². The molecule has 2 unspecified atom stereocenters. The van der Waals surface area contributed by atoms with Gasteiger partial charge in [0.2, 0.25) is 0 Å². The molecule has 1 N–H and O–H groups in total. The SMILES string of the molecule is CCCNC(C1CCCOC1)C(C)(C)N1CCCC1. The van der Waals surface area contributed by atoms with Crippen LogP contribution in [0.5, 0.6) is 0 Å². The molecule has 0 amide bonds. The number of nitrogens with zero attached hydrogens (tertiary/aromatic N) is 1. The van der Waals surface area contributed by atoms with Crippen LogP contribution in [0, 0.1) is 5.92 Å². The van der Waals surface area contributed by atoms with Crippen LogP contribution in [0.2, 0.25) is 0 Å². The molecule has 0 saturated carbocycles. The lowest BCUT2D eigenvalue weighted by molar-refractivity contribution is -0.00179. The van der Waals surface area contributed by atoms with Gasteiger partial charge in [-0.1, -0.05) is 6.92 Å². The van der Waals surface area contributed by atoms with E-state index in [9.17, 15) is 0 Å². The van der Waals surface area contributed by atoms with E-state index in [0.29, 0.717) is 12.0 Å². The second kappa shape index (κ2) is 7.05. The normalized spacial score (nSPS) is 27.6. The van der Waals surface area contributed by atoms with Crippen LogP contribution in [-0.2, 0) is 4.74 Å². The zero-order chi connectivity index (χ0) is 13.7. The van der Waals surface area contributed by atoms with E-state index in [1.54, 1.807) is 0 Å². The van der Waals surface area contributed by atoms with Crippen LogP contribution in [0.25, 0.3) is 0 Å². The van der Waals surface area contributed by atoms with Gasteiger partial charge in [0, 0.05) is 18.2 Å². The average Bonchev–Trinajstić information content (AvgIpc) is 2.95. The van der Waals surface area contributed by atoms with Crippen LogP contribution < -0.4 is 5.32 Å². The van der Waals surface area contributed by atoms with E-state index in [4.69, 9.17) is 4.74 Å². The molecule has 2 aliphatic heterocycles. The molecule has 112 valence electrons. The largest absolute Gasteiger partial charge is 0.381 e. The number of nitrogens with one attached hydrogen (secondary N) is 1. The quantitative estimate of drug-likeness (QED) is 0.801. The highest BCUT2D eigenvalue weighted by molar-refractivity contribution is 4.99. The predicted molar refractivity (Wildman–Crippen MR) is 80.5 cm³/mol. The summed E-state index contributed by atoms with van der Waals surface area (Å²) in [5.41, 5.74) is 0.247. The van der Waals surface area contributed by atoms with E-state index in [0.717, 1.165) is 19.8 Å². The van der Waals surface area contributed by atoms with Crippen LogP contribution in [0.15, 0.2) is 0 Å². The topological polar surface area (TPSA) is 24.5 Å².